The molecule has 28 heavy (non-hydrogen) atoms. The molecule has 0 spiro atoms. The molecule has 0 radical (unpaired) electrons. The maximum atomic E-state index is 13.0. The minimum absolute atomic E-state index is 0.388. The summed E-state index contributed by atoms with van der Waals surface area (Å²) in [4.78, 5) is 1.80. The molecule has 0 aromatic heterocycles. The van der Waals surface area contributed by atoms with Crippen molar-refractivity contribution in [1.29, 1.82) is 0 Å². The molecule has 5 heteroatoms. The first-order valence-corrected chi connectivity index (χ1v) is 11.1. The van der Waals surface area contributed by atoms with Crippen LogP contribution in [0.3, 0.4) is 0 Å². The summed E-state index contributed by atoms with van der Waals surface area (Å²) < 4.78 is 27.7. The average molecular weight is 394 g/mol. The molecule has 0 amide bonds. The number of nitrogens with zero attached hydrogens (tertiary/aromatic N) is 1. The van der Waals surface area contributed by atoms with Gasteiger partial charge in [0, 0.05) is 0 Å². The maximum Gasteiger partial charge on any atom is 0.243 e. The van der Waals surface area contributed by atoms with Crippen molar-refractivity contribution in [2.75, 3.05) is 32.7 Å². The van der Waals surface area contributed by atoms with Crippen molar-refractivity contribution in [2.45, 2.75) is 4.90 Å². The van der Waals surface area contributed by atoms with Crippen molar-refractivity contribution < 1.29 is 13.3 Å². The zero-order valence-corrected chi connectivity index (χ0v) is 16.6. The SMILES string of the molecule is O=S(=O)(c1ccc2ccccc2c1)N1CC[NH+](C/C=C/c2ccccc2)CC1. The lowest BCUT2D eigenvalue weighted by atomic mass is 10.1. The summed E-state index contributed by atoms with van der Waals surface area (Å²) in [6, 6.07) is 23.5. The van der Waals surface area contributed by atoms with Crippen LogP contribution in [0.4, 0.5) is 0 Å². The minimum atomic E-state index is -3.44. The van der Waals surface area contributed by atoms with Crippen LogP contribution in [0.2, 0.25) is 0 Å². The Bertz CT molecular complexity index is 1070. The van der Waals surface area contributed by atoms with Crippen LogP contribution < -0.4 is 4.90 Å². The van der Waals surface area contributed by atoms with E-state index in [-0.39, 0.29) is 0 Å². The van der Waals surface area contributed by atoms with Gasteiger partial charge in [-0.2, -0.15) is 4.31 Å². The van der Waals surface area contributed by atoms with E-state index in [0.717, 1.165) is 30.4 Å². The van der Waals surface area contributed by atoms with Gasteiger partial charge in [-0.05, 0) is 34.5 Å². The fourth-order valence-electron chi connectivity index (χ4n) is 3.65. The lowest BCUT2D eigenvalue weighted by molar-refractivity contribution is -0.897. The summed E-state index contributed by atoms with van der Waals surface area (Å²) in [5, 5.41) is 2.01. The summed E-state index contributed by atoms with van der Waals surface area (Å²) in [6.07, 6.45) is 4.31. The van der Waals surface area contributed by atoms with Gasteiger partial charge in [0.2, 0.25) is 10.0 Å². The number of hydrogen-bond donors (Lipinski definition) is 1. The Morgan fingerprint density at radius 3 is 2.29 bits per heavy atom. The molecular weight excluding hydrogens is 368 g/mol. The molecule has 1 aliphatic heterocycles. The van der Waals surface area contributed by atoms with Gasteiger partial charge in [-0.1, -0.05) is 66.7 Å². The first-order valence-electron chi connectivity index (χ1n) is 9.67. The van der Waals surface area contributed by atoms with E-state index >= 15 is 0 Å². The third-order valence-electron chi connectivity index (χ3n) is 5.30. The van der Waals surface area contributed by atoms with Crippen molar-refractivity contribution in [3.05, 3.63) is 84.4 Å². The van der Waals surface area contributed by atoms with E-state index in [0.29, 0.717) is 18.0 Å². The van der Waals surface area contributed by atoms with Gasteiger partial charge in [0.25, 0.3) is 0 Å². The first kappa shape index (κ1) is 18.9. The summed E-state index contributed by atoms with van der Waals surface area (Å²) in [6.45, 7) is 3.68. The van der Waals surface area contributed by atoms with Crippen LogP contribution in [0.1, 0.15) is 5.56 Å². The lowest BCUT2D eigenvalue weighted by Gasteiger charge is -2.31. The summed E-state index contributed by atoms with van der Waals surface area (Å²) in [5.41, 5.74) is 1.19. The Kier molecular flexibility index (Phi) is 5.57. The fraction of sp³-hybridized carbons (Fsp3) is 0.217. The Balaban J connectivity index is 1.38. The van der Waals surface area contributed by atoms with Gasteiger partial charge in [-0.15, -0.1) is 0 Å². The molecule has 1 N–H and O–H groups in total. The van der Waals surface area contributed by atoms with Gasteiger partial charge in [-0.25, -0.2) is 8.42 Å². The molecule has 144 valence electrons. The summed E-state index contributed by atoms with van der Waals surface area (Å²) in [7, 11) is -3.44. The molecule has 0 saturated carbocycles. The summed E-state index contributed by atoms with van der Waals surface area (Å²) >= 11 is 0. The largest absolute Gasteiger partial charge is 0.329 e. The van der Waals surface area contributed by atoms with Crippen LogP contribution in [0.15, 0.2) is 83.8 Å². The van der Waals surface area contributed by atoms with E-state index in [4.69, 9.17) is 0 Å². The molecule has 4 rings (SSSR count). The van der Waals surface area contributed by atoms with E-state index in [2.05, 4.69) is 24.3 Å². The normalized spacial score (nSPS) is 16.7. The van der Waals surface area contributed by atoms with E-state index in [9.17, 15) is 8.42 Å². The third-order valence-corrected chi connectivity index (χ3v) is 7.20. The third kappa shape index (κ3) is 4.17. The first-order chi connectivity index (χ1) is 13.6. The molecule has 3 aromatic carbocycles. The maximum absolute atomic E-state index is 13.0. The Labute approximate surface area is 166 Å². The topological polar surface area (TPSA) is 41.8 Å². The van der Waals surface area contributed by atoms with Crippen molar-refractivity contribution in [2.24, 2.45) is 0 Å². The van der Waals surface area contributed by atoms with Gasteiger partial charge < -0.3 is 4.90 Å². The second-order valence-corrected chi connectivity index (χ2v) is 9.12. The molecule has 0 aliphatic carbocycles. The highest BCUT2D eigenvalue weighted by Gasteiger charge is 2.30. The monoisotopic (exact) mass is 393 g/mol. The molecule has 1 fully saturated rings. The molecule has 0 unspecified atom stereocenters. The van der Waals surface area contributed by atoms with E-state index in [1.54, 1.807) is 16.4 Å². The van der Waals surface area contributed by atoms with Gasteiger partial charge in [0.15, 0.2) is 0 Å². The van der Waals surface area contributed by atoms with E-state index < -0.39 is 10.0 Å². The number of hydrogen-bond acceptors (Lipinski definition) is 2. The minimum Gasteiger partial charge on any atom is -0.329 e. The standard InChI is InChI=1S/C23H24N2O2S/c26-28(27,23-13-12-21-10-4-5-11-22(21)19-23)25-17-15-24(16-18-25)14-6-9-20-7-2-1-3-8-20/h1-13,19H,14-18H2/p+1/b9-6+. The van der Waals surface area contributed by atoms with Gasteiger partial charge in [0.1, 0.15) is 0 Å². The van der Waals surface area contributed by atoms with E-state index in [1.165, 1.54) is 10.5 Å². The van der Waals surface area contributed by atoms with Crippen LogP contribution in [0, 0.1) is 0 Å². The molecular formula is C23H25N2O2S+. The van der Waals surface area contributed by atoms with Gasteiger partial charge in [0.05, 0.1) is 37.6 Å². The van der Waals surface area contributed by atoms with Crippen LogP contribution in [-0.4, -0.2) is 45.4 Å². The quantitative estimate of drug-likeness (QED) is 0.724. The second kappa shape index (κ2) is 8.27. The van der Waals surface area contributed by atoms with Crippen LogP contribution in [0.25, 0.3) is 16.8 Å². The number of benzene rings is 3. The Morgan fingerprint density at radius 2 is 1.54 bits per heavy atom. The molecule has 0 bridgehead atoms. The van der Waals surface area contributed by atoms with Gasteiger partial charge in [-0.3, -0.25) is 0 Å². The zero-order chi connectivity index (χ0) is 19.4. The molecule has 1 saturated heterocycles. The van der Waals surface area contributed by atoms with Crippen molar-refractivity contribution in [3.8, 4) is 0 Å². The Hall–Kier alpha value is -2.47. The summed E-state index contributed by atoms with van der Waals surface area (Å²) in [5.74, 6) is 0. The number of piperazine rings is 1. The molecule has 1 aliphatic rings. The lowest BCUT2D eigenvalue weighted by Crippen LogP contribution is -3.14. The second-order valence-electron chi connectivity index (χ2n) is 7.18. The van der Waals surface area contributed by atoms with Gasteiger partial charge >= 0.3 is 0 Å². The highest BCUT2D eigenvalue weighted by molar-refractivity contribution is 7.89. The Morgan fingerprint density at radius 1 is 0.857 bits per heavy atom. The molecule has 3 aromatic rings. The number of sulfonamides is 1. The van der Waals surface area contributed by atoms with Crippen molar-refractivity contribution >= 4 is 26.9 Å². The van der Waals surface area contributed by atoms with Crippen LogP contribution in [0.5, 0.6) is 0 Å². The highest BCUT2D eigenvalue weighted by Crippen LogP contribution is 2.21. The fourth-order valence-corrected chi connectivity index (χ4v) is 5.13. The van der Waals surface area contributed by atoms with Crippen LogP contribution in [-0.2, 0) is 10.0 Å². The number of nitrogens with one attached hydrogen (secondary N) is 1. The predicted octanol–water partition coefficient (Wildman–Crippen LogP) is 2.44. The molecule has 0 atom stereocenters. The predicted molar refractivity (Wildman–Crippen MR) is 114 cm³/mol. The average Bonchev–Trinajstić information content (AvgIpc) is 2.74. The number of fused-ring (bicyclic) bond motifs is 1. The van der Waals surface area contributed by atoms with Crippen molar-refractivity contribution in [3.63, 3.8) is 0 Å². The highest BCUT2D eigenvalue weighted by atomic mass is 32.2. The number of quaternary nitrogens is 1. The molecule has 1 heterocycles. The molecule has 4 nitrogen and oxygen atoms in total. The number of rotatable bonds is 5. The zero-order valence-electron chi connectivity index (χ0n) is 15.8. The van der Waals surface area contributed by atoms with E-state index in [1.807, 2.05) is 48.5 Å². The van der Waals surface area contributed by atoms with Crippen molar-refractivity contribution in [1.82, 2.24) is 4.31 Å². The van der Waals surface area contributed by atoms with Crippen LogP contribution >= 0.6 is 0 Å². The smallest absolute Gasteiger partial charge is 0.243 e.